The maximum absolute atomic E-state index is 12.2. The van der Waals surface area contributed by atoms with Crippen LogP contribution in [-0.4, -0.2) is 50.0 Å². The minimum absolute atomic E-state index is 0.0472. The number of benzene rings is 1. The van der Waals surface area contributed by atoms with Gasteiger partial charge in [-0.15, -0.1) is 0 Å². The third-order valence-corrected chi connectivity index (χ3v) is 4.16. The number of nitrogens with zero attached hydrogens (tertiary/aromatic N) is 1. The average molecular weight is 332 g/mol. The van der Waals surface area contributed by atoms with E-state index in [0.29, 0.717) is 23.5 Å². The Labute approximate surface area is 139 Å². The number of hydrogen-bond acceptors (Lipinski definition) is 5. The van der Waals surface area contributed by atoms with Gasteiger partial charge in [0.2, 0.25) is 5.91 Å². The summed E-state index contributed by atoms with van der Waals surface area (Å²) >= 11 is 0. The molecule has 1 aromatic rings. The van der Waals surface area contributed by atoms with Crippen LogP contribution in [0.1, 0.15) is 30.1 Å². The molecular formula is C17H20N2O5. The van der Waals surface area contributed by atoms with Crippen molar-refractivity contribution in [1.29, 1.82) is 0 Å². The Morgan fingerprint density at radius 1 is 1.38 bits per heavy atom. The third-order valence-electron chi connectivity index (χ3n) is 4.16. The maximum atomic E-state index is 12.2. The number of carbonyl (C=O) groups is 3. The summed E-state index contributed by atoms with van der Waals surface area (Å²) in [4.78, 5) is 37.2. The molecule has 2 heterocycles. The zero-order valence-corrected chi connectivity index (χ0v) is 13.5. The van der Waals surface area contributed by atoms with E-state index in [1.54, 1.807) is 18.2 Å². The number of fused-ring (bicyclic) bond motifs is 1. The van der Waals surface area contributed by atoms with E-state index in [1.165, 1.54) is 11.8 Å². The maximum Gasteiger partial charge on any atom is 0.265 e. The second-order valence-corrected chi connectivity index (χ2v) is 5.95. The SMILES string of the molecule is CC(=O)c1ccc2c(c1)N(CC(=O)NCC1CCCO1)C(=O)CO2. The van der Waals surface area contributed by atoms with Crippen molar-refractivity contribution in [3.8, 4) is 5.75 Å². The molecule has 0 radical (unpaired) electrons. The number of amides is 2. The van der Waals surface area contributed by atoms with Crippen LogP contribution < -0.4 is 15.0 Å². The van der Waals surface area contributed by atoms with E-state index in [1.807, 2.05) is 0 Å². The van der Waals surface area contributed by atoms with Crippen molar-refractivity contribution < 1.29 is 23.9 Å². The highest BCUT2D eigenvalue weighted by Gasteiger charge is 2.28. The Hall–Kier alpha value is -2.41. The minimum atomic E-state index is -0.310. The summed E-state index contributed by atoms with van der Waals surface area (Å²) in [6.07, 6.45) is 1.98. The topological polar surface area (TPSA) is 84.9 Å². The summed E-state index contributed by atoms with van der Waals surface area (Å²) in [5, 5.41) is 2.80. The van der Waals surface area contributed by atoms with E-state index in [4.69, 9.17) is 9.47 Å². The van der Waals surface area contributed by atoms with Gasteiger partial charge in [0.1, 0.15) is 12.3 Å². The van der Waals surface area contributed by atoms with Gasteiger partial charge in [0.05, 0.1) is 11.8 Å². The van der Waals surface area contributed by atoms with Crippen LogP contribution in [0.4, 0.5) is 5.69 Å². The van der Waals surface area contributed by atoms with Gasteiger partial charge in [-0.3, -0.25) is 19.3 Å². The van der Waals surface area contributed by atoms with E-state index in [-0.39, 0.29) is 36.9 Å². The van der Waals surface area contributed by atoms with Crippen molar-refractivity contribution >= 4 is 23.3 Å². The number of ketones is 1. The fourth-order valence-electron chi connectivity index (χ4n) is 2.83. The number of Topliss-reactive ketones (excluding diaryl/α,β-unsaturated/α-hetero) is 1. The first-order chi connectivity index (χ1) is 11.5. The van der Waals surface area contributed by atoms with Crippen LogP contribution >= 0.6 is 0 Å². The lowest BCUT2D eigenvalue weighted by Crippen LogP contribution is -2.46. The molecule has 0 spiro atoms. The molecule has 1 N–H and O–H groups in total. The first-order valence-corrected chi connectivity index (χ1v) is 8.01. The fourth-order valence-corrected chi connectivity index (χ4v) is 2.83. The first-order valence-electron chi connectivity index (χ1n) is 8.01. The quantitative estimate of drug-likeness (QED) is 0.810. The Morgan fingerprint density at radius 3 is 2.92 bits per heavy atom. The number of hydrogen-bond donors (Lipinski definition) is 1. The van der Waals surface area contributed by atoms with Crippen LogP contribution in [-0.2, 0) is 14.3 Å². The molecule has 1 saturated heterocycles. The molecule has 1 unspecified atom stereocenters. The lowest BCUT2D eigenvalue weighted by Gasteiger charge is -2.29. The molecule has 3 rings (SSSR count). The molecule has 0 aliphatic carbocycles. The fraction of sp³-hybridized carbons (Fsp3) is 0.471. The molecule has 2 amide bonds. The Bertz CT molecular complexity index is 667. The predicted molar refractivity (Wildman–Crippen MR) is 86.3 cm³/mol. The second kappa shape index (κ2) is 7.00. The standard InChI is InChI=1S/C17H20N2O5/c1-11(20)12-4-5-15-14(7-12)19(17(22)10-24-15)9-16(21)18-8-13-3-2-6-23-13/h4-5,7,13H,2-3,6,8-10H2,1H3,(H,18,21). The van der Waals surface area contributed by atoms with Crippen molar-refractivity contribution in [2.24, 2.45) is 0 Å². The molecule has 1 aromatic carbocycles. The molecule has 24 heavy (non-hydrogen) atoms. The molecule has 2 aliphatic heterocycles. The number of nitrogens with one attached hydrogen (secondary N) is 1. The Kier molecular flexibility index (Phi) is 4.80. The lowest BCUT2D eigenvalue weighted by atomic mass is 10.1. The second-order valence-electron chi connectivity index (χ2n) is 5.95. The highest BCUT2D eigenvalue weighted by Crippen LogP contribution is 2.32. The van der Waals surface area contributed by atoms with Crippen LogP contribution in [0, 0.1) is 0 Å². The average Bonchev–Trinajstić information content (AvgIpc) is 3.08. The van der Waals surface area contributed by atoms with E-state index in [2.05, 4.69) is 5.32 Å². The largest absolute Gasteiger partial charge is 0.482 e. The number of rotatable bonds is 5. The smallest absolute Gasteiger partial charge is 0.265 e. The number of ether oxygens (including phenoxy) is 2. The minimum Gasteiger partial charge on any atom is -0.482 e. The summed E-state index contributed by atoms with van der Waals surface area (Å²) in [7, 11) is 0. The van der Waals surface area contributed by atoms with E-state index in [9.17, 15) is 14.4 Å². The predicted octanol–water partition coefficient (Wildman–Crippen LogP) is 0.910. The summed E-state index contributed by atoms with van der Waals surface area (Å²) in [6, 6.07) is 4.88. The van der Waals surface area contributed by atoms with Gasteiger partial charge in [-0.25, -0.2) is 0 Å². The summed E-state index contributed by atoms with van der Waals surface area (Å²) in [5.74, 6) is -0.194. The normalized spacial score (nSPS) is 19.6. The van der Waals surface area contributed by atoms with Crippen LogP contribution in [0.3, 0.4) is 0 Å². The lowest BCUT2D eigenvalue weighted by molar-refractivity contribution is -0.125. The van der Waals surface area contributed by atoms with Crippen molar-refractivity contribution in [1.82, 2.24) is 5.32 Å². The number of anilines is 1. The molecule has 1 fully saturated rings. The summed E-state index contributed by atoms with van der Waals surface area (Å²) in [5.41, 5.74) is 0.919. The van der Waals surface area contributed by atoms with Crippen molar-refractivity contribution in [2.75, 3.05) is 31.2 Å². The van der Waals surface area contributed by atoms with Gasteiger partial charge in [-0.2, -0.15) is 0 Å². The van der Waals surface area contributed by atoms with Crippen LogP contribution in [0.15, 0.2) is 18.2 Å². The molecule has 128 valence electrons. The molecule has 2 aliphatic rings. The van der Waals surface area contributed by atoms with Gasteiger partial charge in [-0.1, -0.05) is 0 Å². The third kappa shape index (κ3) is 3.56. The van der Waals surface area contributed by atoms with Gasteiger partial charge in [0.25, 0.3) is 5.91 Å². The monoisotopic (exact) mass is 332 g/mol. The van der Waals surface area contributed by atoms with E-state index < -0.39 is 0 Å². The molecule has 0 aromatic heterocycles. The van der Waals surface area contributed by atoms with Gasteiger partial charge >= 0.3 is 0 Å². The highest BCUT2D eigenvalue weighted by molar-refractivity contribution is 6.04. The number of carbonyl (C=O) groups excluding carboxylic acids is 3. The van der Waals surface area contributed by atoms with E-state index in [0.717, 1.165) is 19.4 Å². The highest BCUT2D eigenvalue weighted by atomic mass is 16.5. The van der Waals surface area contributed by atoms with Crippen molar-refractivity contribution in [3.05, 3.63) is 23.8 Å². The molecule has 1 atom stereocenters. The summed E-state index contributed by atoms with van der Waals surface area (Å²) in [6.45, 7) is 2.39. The van der Waals surface area contributed by atoms with Gasteiger partial charge in [0, 0.05) is 18.7 Å². The Balaban J connectivity index is 1.70. The molecule has 7 nitrogen and oxygen atoms in total. The molecule has 0 saturated carbocycles. The van der Waals surface area contributed by atoms with Crippen LogP contribution in [0.25, 0.3) is 0 Å². The van der Waals surface area contributed by atoms with Crippen LogP contribution in [0.2, 0.25) is 0 Å². The van der Waals surface area contributed by atoms with Gasteiger partial charge in [-0.05, 0) is 38.0 Å². The molecule has 7 heteroatoms. The Morgan fingerprint density at radius 2 is 2.21 bits per heavy atom. The van der Waals surface area contributed by atoms with E-state index >= 15 is 0 Å². The zero-order valence-electron chi connectivity index (χ0n) is 13.5. The van der Waals surface area contributed by atoms with Gasteiger partial charge < -0.3 is 14.8 Å². The zero-order chi connectivity index (χ0) is 17.1. The summed E-state index contributed by atoms with van der Waals surface area (Å²) < 4.78 is 10.8. The van der Waals surface area contributed by atoms with Crippen molar-refractivity contribution in [2.45, 2.75) is 25.9 Å². The van der Waals surface area contributed by atoms with Crippen molar-refractivity contribution in [3.63, 3.8) is 0 Å². The van der Waals surface area contributed by atoms with Crippen LogP contribution in [0.5, 0.6) is 5.75 Å². The molecular weight excluding hydrogens is 312 g/mol. The first kappa shape index (κ1) is 16.4. The van der Waals surface area contributed by atoms with Gasteiger partial charge in [0.15, 0.2) is 12.4 Å². The molecule has 0 bridgehead atoms.